The van der Waals surface area contributed by atoms with Crippen molar-refractivity contribution in [1.29, 1.82) is 0 Å². The Balaban J connectivity index is 1.93. The maximum absolute atomic E-state index is 13.3. The van der Waals surface area contributed by atoms with E-state index in [1.54, 1.807) is 48.5 Å². The van der Waals surface area contributed by atoms with E-state index in [9.17, 15) is 22.8 Å². The van der Waals surface area contributed by atoms with Crippen LogP contribution in [0.25, 0.3) is 0 Å². The molecule has 0 fully saturated rings. The number of para-hydroxylation sites is 1. The van der Waals surface area contributed by atoms with Crippen molar-refractivity contribution in [3.63, 3.8) is 0 Å². The van der Waals surface area contributed by atoms with Crippen molar-refractivity contribution in [2.24, 2.45) is 0 Å². The summed E-state index contributed by atoms with van der Waals surface area (Å²) >= 11 is 0. The summed E-state index contributed by atoms with van der Waals surface area (Å²) in [6.07, 6.45) is -6.01. The van der Waals surface area contributed by atoms with Crippen molar-refractivity contribution >= 4 is 17.4 Å². The number of hydrogen-bond donors (Lipinski definition) is 2. The number of carbonyl (C=O) groups is 2. The molecule has 1 atom stereocenters. The Morgan fingerprint density at radius 2 is 1.24 bits per heavy atom. The molecule has 0 aromatic heterocycles. The van der Waals surface area contributed by atoms with Crippen molar-refractivity contribution in [2.75, 3.05) is 5.32 Å². The zero-order valence-corrected chi connectivity index (χ0v) is 15.1. The average molecular weight is 398 g/mol. The van der Waals surface area contributed by atoms with Gasteiger partial charge in [-0.3, -0.25) is 9.59 Å². The second-order valence-electron chi connectivity index (χ2n) is 6.19. The minimum absolute atomic E-state index is 0.253. The number of anilines is 1. The highest BCUT2D eigenvalue weighted by molar-refractivity contribution is 6.05. The van der Waals surface area contributed by atoms with Gasteiger partial charge in [0.2, 0.25) is 5.78 Å². The first-order valence-corrected chi connectivity index (χ1v) is 8.74. The Labute approximate surface area is 165 Å². The topological polar surface area (TPSA) is 58.2 Å². The van der Waals surface area contributed by atoms with E-state index < -0.39 is 29.6 Å². The summed E-state index contributed by atoms with van der Waals surface area (Å²) in [6, 6.07) is 20.9. The predicted molar refractivity (Wildman–Crippen MR) is 104 cm³/mol. The number of alkyl halides is 3. The molecule has 4 nitrogen and oxygen atoms in total. The standard InChI is InChI=1S/C22H17F3N2O2/c23-22(24,25)17-13-7-8-14-18(17)26-20(19(28)15-9-3-1-4-10-15)27-21(29)16-11-5-2-6-12-16/h1-14,20,26H,(H,27,29)/t20-/m1/s1. The fourth-order valence-corrected chi connectivity index (χ4v) is 2.75. The van der Waals surface area contributed by atoms with Crippen LogP contribution in [0.15, 0.2) is 84.9 Å². The van der Waals surface area contributed by atoms with Gasteiger partial charge >= 0.3 is 6.18 Å². The van der Waals surface area contributed by atoms with Crippen LogP contribution in [-0.4, -0.2) is 17.9 Å². The fourth-order valence-electron chi connectivity index (χ4n) is 2.75. The van der Waals surface area contributed by atoms with E-state index in [2.05, 4.69) is 10.6 Å². The summed E-state index contributed by atoms with van der Waals surface area (Å²) in [4.78, 5) is 25.5. The van der Waals surface area contributed by atoms with Gasteiger partial charge in [-0.15, -0.1) is 0 Å². The molecule has 29 heavy (non-hydrogen) atoms. The predicted octanol–water partition coefficient (Wildman–Crippen LogP) is 4.76. The lowest BCUT2D eigenvalue weighted by molar-refractivity contribution is -0.137. The van der Waals surface area contributed by atoms with E-state index >= 15 is 0 Å². The number of amides is 1. The van der Waals surface area contributed by atoms with Crippen LogP contribution in [0.5, 0.6) is 0 Å². The summed E-state index contributed by atoms with van der Waals surface area (Å²) in [6.45, 7) is 0. The average Bonchev–Trinajstić information content (AvgIpc) is 2.73. The van der Waals surface area contributed by atoms with Gasteiger partial charge in [-0.25, -0.2) is 0 Å². The third-order valence-electron chi connectivity index (χ3n) is 4.16. The van der Waals surface area contributed by atoms with Gasteiger partial charge in [0.25, 0.3) is 5.91 Å². The number of halogens is 3. The summed E-state index contributed by atoms with van der Waals surface area (Å²) in [5.41, 5.74) is -0.699. The number of rotatable bonds is 6. The van der Waals surface area contributed by atoms with E-state index in [4.69, 9.17) is 0 Å². The van der Waals surface area contributed by atoms with Crippen molar-refractivity contribution in [3.8, 4) is 0 Å². The Morgan fingerprint density at radius 1 is 0.724 bits per heavy atom. The molecule has 0 unspecified atom stereocenters. The maximum atomic E-state index is 13.3. The van der Waals surface area contributed by atoms with E-state index in [0.29, 0.717) is 0 Å². The van der Waals surface area contributed by atoms with Crippen LogP contribution >= 0.6 is 0 Å². The third kappa shape index (κ3) is 5.01. The Hall–Kier alpha value is -3.61. The van der Waals surface area contributed by atoms with Crippen molar-refractivity contribution in [1.82, 2.24) is 5.32 Å². The van der Waals surface area contributed by atoms with Crippen LogP contribution in [0, 0.1) is 0 Å². The molecule has 0 saturated heterocycles. The largest absolute Gasteiger partial charge is 0.418 e. The van der Waals surface area contributed by atoms with Crippen molar-refractivity contribution in [3.05, 3.63) is 102 Å². The first-order valence-electron chi connectivity index (χ1n) is 8.74. The number of ketones is 1. The summed E-state index contributed by atoms with van der Waals surface area (Å²) < 4.78 is 40.0. The van der Waals surface area contributed by atoms with Crippen LogP contribution in [0.4, 0.5) is 18.9 Å². The second kappa shape index (κ2) is 8.60. The minimum atomic E-state index is -4.62. The van der Waals surface area contributed by atoms with Gasteiger partial charge in [0.15, 0.2) is 6.17 Å². The van der Waals surface area contributed by atoms with Crippen LogP contribution in [-0.2, 0) is 6.18 Å². The van der Waals surface area contributed by atoms with Crippen LogP contribution < -0.4 is 10.6 Å². The van der Waals surface area contributed by atoms with E-state index in [-0.39, 0.29) is 16.8 Å². The number of hydrogen-bond acceptors (Lipinski definition) is 3. The first kappa shape index (κ1) is 20.1. The minimum Gasteiger partial charge on any atom is -0.358 e. The van der Waals surface area contributed by atoms with Gasteiger partial charge in [0.1, 0.15) is 0 Å². The molecular weight excluding hydrogens is 381 g/mol. The molecule has 0 bridgehead atoms. The molecule has 3 aromatic carbocycles. The number of nitrogens with one attached hydrogen (secondary N) is 2. The molecule has 0 spiro atoms. The van der Waals surface area contributed by atoms with E-state index in [0.717, 1.165) is 6.07 Å². The van der Waals surface area contributed by atoms with Gasteiger partial charge in [0.05, 0.1) is 5.56 Å². The molecule has 3 aromatic rings. The normalized spacial score (nSPS) is 12.1. The molecule has 0 heterocycles. The van der Waals surface area contributed by atoms with E-state index in [1.165, 1.54) is 30.3 Å². The highest BCUT2D eigenvalue weighted by Gasteiger charge is 2.34. The van der Waals surface area contributed by atoms with Gasteiger partial charge in [-0.1, -0.05) is 60.7 Å². The second-order valence-corrected chi connectivity index (χ2v) is 6.19. The highest BCUT2D eigenvalue weighted by atomic mass is 19.4. The van der Waals surface area contributed by atoms with Crippen LogP contribution in [0.1, 0.15) is 26.3 Å². The molecule has 3 rings (SSSR count). The number of Topliss-reactive ketones (excluding diaryl/α,β-unsaturated/α-hetero) is 1. The number of carbonyl (C=O) groups excluding carboxylic acids is 2. The van der Waals surface area contributed by atoms with Gasteiger partial charge < -0.3 is 10.6 Å². The lowest BCUT2D eigenvalue weighted by Crippen LogP contribution is -2.46. The highest BCUT2D eigenvalue weighted by Crippen LogP contribution is 2.34. The fraction of sp³-hybridized carbons (Fsp3) is 0.0909. The molecular formula is C22H17F3N2O2. The zero-order valence-electron chi connectivity index (χ0n) is 15.1. The quantitative estimate of drug-likeness (QED) is 0.465. The van der Waals surface area contributed by atoms with Crippen molar-refractivity contribution in [2.45, 2.75) is 12.3 Å². The zero-order chi connectivity index (χ0) is 20.9. The summed E-state index contributed by atoms with van der Waals surface area (Å²) in [5, 5.41) is 5.04. The Bertz CT molecular complexity index is 990. The molecule has 0 aliphatic carbocycles. The smallest absolute Gasteiger partial charge is 0.358 e. The molecule has 7 heteroatoms. The lowest BCUT2D eigenvalue weighted by Gasteiger charge is -2.23. The first-order chi connectivity index (χ1) is 13.9. The lowest BCUT2D eigenvalue weighted by atomic mass is 10.1. The van der Waals surface area contributed by atoms with Gasteiger partial charge in [0, 0.05) is 16.8 Å². The monoisotopic (exact) mass is 398 g/mol. The number of benzene rings is 3. The third-order valence-corrected chi connectivity index (χ3v) is 4.16. The molecule has 1 amide bonds. The van der Waals surface area contributed by atoms with Gasteiger partial charge in [-0.05, 0) is 24.3 Å². The molecule has 0 saturated carbocycles. The molecule has 148 valence electrons. The molecule has 0 radical (unpaired) electrons. The molecule has 2 N–H and O–H groups in total. The Kier molecular flexibility index (Phi) is 5.97. The SMILES string of the molecule is O=C(N[C@@H](Nc1ccccc1C(F)(F)F)C(=O)c1ccccc1)c1ccccc1. The van der Waals surface area contributed by atoms with Crippen LogP contribution in [0.3, 0.4) is 0 Å². The van der Waals surface area contributed by atoms with Gasteiger partial charge in [-0.2, -0.15) is 13.2 Å². The van der Waals surface area contributed by atoms with E-state index in [1.807, 2.05) is 0 Å². The summed E-state index contributed by atoms with van der Waals surface area (Å²) in [7, 11) is 0. The maximum Gasteiger partial charge on any atom is 0.418 e. The Morgan fingerprint density at radius 3 is 1.83 bits per heavy atom. The summed E-state index contributed by atoms with van der Waals surface area (Å²) in [5.74, 6) is -1.15. The molecule has 0 aliphatic rings. The van der Waals surface area contributed by atoms with Crippen molar-refractivity contribution < 1.29 is 22.8 Å². The van der Waals surface area contributed by atoms with Crippen LogP contribution in [0.2, 0.25) is 0 Å². The molecule has 0 aliphatic heterocycles.